The van der Waals surface area contributed by atoms with E-state index in [2.05, 4.69) is 0 Å². The molecule has 0 bridgehead atoms. The summed E-state index contributed by atoms with van der Waals surface area (Å²) < 4.78 is 26.1. The first-order valence-corrected chi connectivity index (χ1v) is 7.76. The first-order chi connectivity index (χ1) is 8.50. The number of hydrogen-bond acceptors (Lipinski definition) is 3. The molecule has 2 N–H and O–H groups in total. The van der Waals surface area contributed by atoms with Crippen molar-refractivity contribution in [1.82, 2.24) is 4.31 Å². The molecule has 2 rings (SSSR count). The molecule has 5 heteroatoms. The van der Waals surface area contributed by atoms with Crippen LogP contribution in [0.25, 0.3) is 0 Å². The molecule has 1 aliphatic rings. The topological polar surface area (TPSA) is 63.4 Å². The summed E-state index contributed by atoms with van der Waals surface area (Å²) in [7, 11) is -1.75. The van der Waals surface area contributed by atoms with Crippen LogP contribution in [0.15, 0.2) is 29.2 Å². The molecule has 0 atom stereocenters. The molecule has 0 aliphatic heterocycles. The lowest BCUT2D eigenvalue weighted by molar-refractivity contribution is 0.387. The van der Waals surface area contributed by atoms with Crippen LogP contribution in [0.5, 0.6) is 0 Å². The van der Waals surface area contributed by atoms with E-state index >= 15 is 0 Å². The molecule has 18 heavy (non-hydrogen) atoms. The van der Waals surface area contributed by atoms with Gasteiger partial charge in [-0.3, -0.25) is 0 Å². The number of nitrogens with zero attached hydrogens (tertiary/aromatic N) is 1. The second kappa shape index (κ2) is 5.28. The fourth-order valence-corrected chi connectivity index (χ4v) is 3.81. The van der Waals surface area contributed by atoms with Crippen molar-refractivity contribution in [3.8, 4) is 0 Å². The molecule has 0 radical (unpaired) electrons. The smallest absolute Gasteiger partial charge is 0.242 e. The Morgan fingerprint density at radius 2 is 2.00 bits per heavy atom. The summed E-state index contributed by atoms with van der Waals surface area (Å²) in [6.45, 7) is 0.608. The van der Waals surface area contributed by atoms with Crippen LogP contribution in [0.3, 0.4) is 0 Å². The van der Waals surface area contributed by atoms with Crippen molar-refractivity contribution >= 4 is 15.7 Å². The van der Waals surface area contributed by atoms with Crippen molar-refractivity contribution in [2.75, 3.05) is 19.3 Å². The number of sulfonamides is 1. The van der Waals surface area contributed by atoms with Gasteiger partial charge in [0, 0.05) is 19.3 Å². The van der Waals surface area contributed by atoms with Gasteiger partial charge in [0.15, 0.2) is 0 Å². The molecular formula is C13H20N2O2S. The van der Waals surface area contributed by atoms with Gasteiger partial charge in [0.05, 0.1) is 4.90 Å². The maximum absolute atomic E-state index is 12.3. The van der Waals surface area contributed by atoms with Crippen molar-refractivity contribution in [2.45, 2.75) is 30.6 Å². The van der Waals surface area contributed by atoms with Crippen molar-refractivity contribution in [1.29, 1.82) is 0 Å². The average molecular weight is 268 g/mol. The van der Waals surface area contributed by atoms with Gasteiger partial charge in [-0.1, -0.05) is 18.9 Å². The number of nitrogen functional groups attached to an aromatic ring is 1. The molecule has 1 aromatic carbocycles. The van der Waals surface area contributed by atoms with Crippen molar-refractivity contribution in [3.63, 3.8) is 0 Å². The maximum Gasteiger partial charge on any atom is 0.242 e. The Morgan fingerprint density at radius 3 is 2.61 bits per heavy atom. The first-order valence-electron chi connectivity index (χ1n) is 6.32. The monoisotopic (exact) mass is 268 g/mol. The summed E-state index contributed by atoms with van der Waals surface area (Å²) in [6, 6.07) is 6.47. The molecule has 1 fully saturated rings. The van der Waals surface area contributed by atoms with Gasteiger partial charge in [0.2, 0.25) is 10.0 Å². The summed E-state index contributed by atoms with van der Waals surface area (Å²) in [5.41, 5.74) is 6.11. The highest BCUT2D eigenvalue weighted by atomic mass is 32.2. The molecule has 4 nitrogen and oxygen atoms in total. The number of rotatable bonds is 4. The van der Waals surface area contributed by atoms with E-state index in [1.807, 2.05) is 0 Å². The van der Waals surface area contributed by atoms with E-state index < -0.39 is 10.0 Å². The minimum absolute atomic E-state index is 0.281. The number of anilines is 1. The van der Waals surface area contributed by atoms with Crippen LogP contribution in [-0.4, -0.2) is 26.3 Å². The summed E-state index contributed by atoms with van der Waals surface area (Å²) in [5.74, 6) is 0.505. The lowest BCUT2D eigenvalue weighted by Crippen LogP contribution is -2.31. The van der Waals surface area contributed by atoms with Gasteiger partial charge in [-0.25, -0.2) is 12.7 Å². The van der Waals surface area contributed by atoms with Gasteiger partial charge >= 0.3 is 0 Å². The van der Waals surface area contributed by atoms with E-state index in [0.29, 0.717) is 18.2 Å². The summed E-state index contributed by atoms with van der Waals surface area (Å²) in [6.07, 6.45) is 4.71. The van der Waals surface area contributed by atoms with Gasteiger partial charge in [0.1, 0.15) is 0 Å². The zero-order valence-electron chi connectivity index (χ0n) is 10.7. The summed E-state index contributed by atoms with van der Waals surface area (Å²) >= 11 is 0. The van der Waals surface area contributed by atoms with E-state index in [1.165, 1.54) is 23.2 Å². The third-order valence-corrected chi connectivity index (χ3v) is 5.38. The molecule has 1 saturated carbocycles. The Hall–Kier alpha value is -1.07. The minimum atomic E-state index is -3.40. The first kappa shape index (κ1) is 13.4. The Morgan fingerprint density at radius 1 is 1.33 bits per heavy atom. The highest BCUT2D eigenvalue weighted by Crippen LogP contribution is 2.27. The van der Waals surface area contributed by atoms with Crippen molar-refractivity contribution in [2.24, 2.45) is 5.92 Å². The van der Waals surface area contributed by atoms with Crippen LogP contribution in [0.2, 0.25) is 0 Å². The Kier molecular flexibility index (Phi) is 3.92. The lowest BCUT2D eigenvalue weighted by Gasteiger charge is -2.20. The Bertz CT molecular complexity index is 507. The molecule has 0 heterocycles. The van der Waals surface area contributed by atoms with E-state index in [4.69, 9.17) is 5.73 Å². The summed E-state index contributed by atoms with van der Waals surface area (Å²) in [5, 5.41) is 0. The van der Waals surface area contributed by atoms with E-state index in [9.17, 15) is 8.42 Å². The fourth-order valence-electron chi connectivity index (χ4n) is 2.51. The van der Waals surface area contributed by atoms with Crippen molar-refractivity contribution in [3.05, 3.63) is 24.3 Å². The molecule has 1 aliphatic carbocycles. The highest BCUT2D eigenvalue weighted by Gasteiger charge is 2.25. The molecule has 0 unspecified atom stereocenters. The second-order valence-corrected chi connectivity index (χ2v) is 7.05. The SMILES string of the molecule is CN(CC1CCCC1)S(=O)(=O)c1cccc(N)c1. The van der Waals surface area contributed by atoms with Crippen LogP contribution in [0.1, 0.15) is 25.7 Å². The maximum atomic E-state index is 12.3. The third kappa shape index (κ3) is 2.84. The quantitative estimate of drug-likeness (QED) is 0.850. The average Bonchev–Trinajstić information content (AvgIpc) is 2.81. The van der Waals surface area contributed by atoms with Gasteiger partial charge in [-0.15, -0.1) is 0 Å². The summed E-state index contributed by atoms with van der Waals surface area (Å²) in [4.78, 5) is 0.281. The number of hydrogen-bond donors (Lipinski definition) is 1. The minimum Gasteiger partial charge on any atom is -0.399 e. The van der Waals surface area contributed by atoms with E-state index in [-0.39, 0.29) is 4.90 Å². The Balaban J connectivity index is 2.14. The Labute approximate surface area is 109 Å². The van der Waals surface area contributed by atoms with Gasteiger partial charge in [-0.2, -0.15) is 0 Å². The molecule has 0 saturated heterocycles. The predicted octanol–water partition coefficient (Wildman–Crippen LogP) is 2.08. The molecule has 0 spiro atoms. The highest BCUT2D eigenvalue weighted by molar-refractivity contribution is 7.89. The van der Waals surface area contributed by atoms with Crippen LogP contribution >= 0.6 is 0 Å². The lowest BCUT2D eigenvalue weighted by atomic mass is 10.1. The van der Waals surface area contributed by atoms with Crippen LogP contribution in [0.4, 0.5) is 5.69 Å². The second-order valence-electron chi connectivity index (χ2n) is 5.01. The van der Waals surface area contributed by atoms with Gasteiger partial charge in [-0.05, 0) is 37.0 Å². The predicted molar refractivity (Wildman–Crippen MR) is 72.6 cm³/mol. The molecule has 0 aromatic heterocycles. The standard InChI is InChI=1S/C13H20N2O2S/c1-15(10-11-5-2-3-6-11)18(16,17)13-8-4-7-12(14)9-13/h4,7-9,11H,2-3,5-6,10,14H2,1H3. The van der Waals surface area contributed by atoms with E-state index in [1.54, 1.807) is 25.2 Å². The molecular weight excluding hydrogens is 248 g/mol. The van der Waals surface area contributed by atoms with Gasteiger partial charge < -0.3 is 5.73 Å². The largest absolute Gasteiger partial charge is 0.399 e. The van der Waals surface area contributed by atoms with Crippen LogP contribution in [-0.2, 0) is 10.0 Å². The zero-order valence-corrected chi connectivity index (χ0v) is 11.5. The third-order valence-electron chi connectivity index (χ3n) is 3.56. The zero-order chi connectivity index (χ0) is 13.2. The molecule has 0 amide bonds. The normalized spacial score (nSPS) is 17.4. The fraction of sp³-hybridized carbons (Fsp3) is 0.538. The number of nitrogens with two attached hydrogens (primary N) is 1. The van der Waals surface area contributed by atoms with Gasteiger partial charge in [0.25, 0.3) is 0 Å². The van der Waals surface area contributed by atoms with Crippen LogP contribution in [0, 0.1) is 5.92 Å². The number of benzene rings is 1. The van der Waals surface area contributed by atoms with Crippen molar-refractivity contribution < 1.29 is 8.42 Å². The molecule has 1 aromatic rings. The molecule has 100 valence electrons. The van der Waals surface area contributed by atoms with Crippen LogP contribution < -0.4 is 5.73 Å². The van der Waals surface area contributed by atoms with E-state index in [0.717, 1.165) is 12.8 Å².